The number of hydrogen-bond acceptors (Lipinski definition) is 4. The molecular weight excluding hydrogens is 443 g/mol. The Morgan fingerprint density at radius 1 is 1.21 bits per heavy atom. The number of amides is 2. The number of thiazole rings is 1. The molecule has 3 aromatic rings. The van der Waals surface area contributed by atoms with E-state index in [1.807, 2.05) is 19.6 Å². The van der Waals surface area contributed by atoms with Crippen LogP contribution in [0.4, 0.5) is 5.13 Å². The van der Waals surface area contributed by atoms with Gasteiger partial charge in [-0.3, -0.25) is 9.59 Å². The molecule has 0 aliphatic carbocycles. The topological polar surface area (TPSA) is 76.0 Å². The molecule has 0 atom stereocenters. The summed E-state index contributed by atoms with van der Waals surface area (Å²) >= 11 is 1.37. The van der Waals surface area contributed by atoms with Crippen LogP contribution in [0, 0.1) is 12.8 Å². The maximum absolute atomic E-state index is 12.2. The number of aryl methyl sites for hydroxylation is 2. The second-order valence-electron chi connectivity index (χ2n) is 8.85. The normalized spacial score (nSPS) is 10.4. The molecule has 2 aromatic heterocycles. The predicted octanol–water partition coefficient (Wildman–Crippen LogP) is 5.81. The van der Waals surface area contributed by atoms with E-state index >= 15 is 0 Å². The number of unbranched alkanes of at least 4 members (excludes halogenated alkanes) is 1. The highest BCUT2D eigenvalue weighted by molar-refractivity contribution is 7.14. The van der Waals surface area contributed by atoms with Gasteiger partial charge in [-0.2, -0.15) is 0 Å². The Kier molecular flexibility index (Phi) is 11.1. The molecule has 8 heteroatoms. The fraction of sp³-hybridized carbons (Fsp3) is 0.423. The molecule has 1 radical (unpaired) electrons. The summed E-state index contributed by atoms with van der Waals surface area (Å²) in [6.45, 7) is 12.6. The van der Waals surface area contributed by atoms with E-state index in [4.69, 9.17) is 0 Å². The summed E-state index contributed by atoms with van der Waals surface area (Å²) in [6.07, 6.45) is 6.95. The van der Waals surface area contributed by atoms with Gasteiger partial charge in [0.2, 0.25) is 13.3 Å². The number of benzene rings is 1. The maximum Gasteiger partial charge on any atom is 0.253 e. The molecule has 0 bridgehead atoms. The summed E-state index contributed by atoms with van der Waals surface area (Å²) in [6, 6.07) is 8.09. The minimum Gasteiger partial charge on any atom is -0.402 e. The van der Waals surface area contributed by atoms with Gasteiger partial charge in [0.05, 0.1) is 17.8 Å². The van der Waals surface area contributed by atoms with Gasteiger partial charge in [0, 0.05) is 17.1 Å². The van der Waals surface area contributed by atoms with E-state index in [2.05, 4.69) is 68.4 Å². The Labute approximate surface area is 208 Å². The van der Waals surface area contributed by atoms with Crippen molar-refractivity contribution < 1.29 is 9.59 Å². The van der Waals surface area contributed by atoms with E-state index in [0.717, 1.165) is 23.6 Å². The van der Waals surface area contributed by atoms with Crippen molar-refractivity contribution in [2.45, 2.75) is 60.7 Å². The van der Waals surface area contributed by atoms with Crippen molar-refractivity contribution in [3.05, 3.63) is 58.7 Å². The average molecular weight is 479 g/mol. The lowest BCUT2D eigenvalue weighted by Gasteiger charge is -2.07. The summed E-state index contributed by atoms with van der Waals surface area (Å²) in [5.74, 6) is 0.237. The molecule has 2 heterocycles. The van der Waals surface area contributed by atoms with Crippen LogP contribution in [-0.4, -0.2) is 35.2 Å². The quantitative estimate of drug-likeness (QED) is 0.381. The van der Waals surface area contributed by atoms with Crippen LogP contribution in [0.25, 0.3) is 11.3 Å². The molecular formula is C26H36BN4O2S. The Morgan fingerprint density at radius 2 is 1.94 bits per heavy atom. The van der Waals surface area contributed by atoms with Gasteiger partial charge < -0.3 is 15.1 Å². The summed E-state index contributed by atoms with van der Waals surface area (Å²) in [4.78, 5) is 28.8. The molecule has 0 spiro atoms. The van der Waals surface area contributed by atoms with Crippen molar-refractivity contribution in [1.82, 2.24) is 14.8 Å². The van der Waals surface area contributed by atoms with Crippen molar-refractivity contribution in [2.75, 3.05) is 11.9 Å². The number of rotatable bonds is 9. The van der Waals surface area contributed by atoms with Gasteiger partial charge in [0.1, 0.15) is 0 Å². The molecule has 0 aliphatic heterocycles. The van der Waals surface area contributed by atoms with Crippen LogP contribution in [0.5, 0.6) is 0 Å². The Balaban J connectivity index is 0.000000945. The van der Waals surface area contributed by atoms with E-state index in [1.165, 1.54) is 35.3 Å². The summed E-state index contributed by atoms with van der Waals surface area (Å²) in [5, 5.41) is 7.82. The van der Waals surface area contributed by atoms with Crippen LogP contribution in [0.3, 0.4) is 0 Å². The van der Waals surface area contributed by atoms with Crippen molar-refractivity contribution in [3.63, 3.8) is 0 Å². The third-order valence-electron chi connectivity index (χ3n) is 4.87. The lowest BCUT2D eigenvalue weighted by molar-refractivity contribution is -0.115. The van der Waals surface area contributed by atoms with E-state index in [1.54, 1.807) is 22.9 Å². The monoisotopic (exact) mass is 479 g/mol. The molecule has 0 saturated carbocycles. The van der Waals surface area contributed by atoms with Crippen LogP contribution in [0.2, 0.25) is 6.82 Å². The fourth-order valence-electron chi connectivity index (χ4n) is 3.10. The van der Waals surface area contributed by atoms with Gasteiger partial charge in [0.15, 0.2) is 5.13 Å². The minimum absolute atomic E-state index is 0.111. The second-order valence-corrected chi connectivity index (χ2v) is 9.71. The minimum atomic E-state index is -0.308. The Bertz CT molecular complexity index is 1070. The molecule has 181 valence electrons. The highest BCUT2D eigenvalue weighted by Gasteiger charge is 2.12. The first-order valence-corrected chi connectivity index (χ1v) is 12.7. The van der Waals surface area contributed by atoms with Gasteiger partial charge in [-0.15, -0.1) is 11.3 Å². The highest BCUT2D eigenvalue weighted by Crippen LogP contribution is 2.27. The Hall–Kier alpha value is -2.87. The zero-order valence-electron chi connectivity index (χ0n) is 21.1. The number of carbonyl (C=O) groups is 2. The predicted molar refractivity (Wildman–Crippen MR) is 144 cm³/mol. The van der Waals surface area contributed by atoms with Crippen LogP contribution in [-0.2, 0) is 11.2 Å². The molecule has 6 nitrogen and oxygen atoms in total. The van der Waals surface area contributed by atoms with E-state index in [-0.39, 0.29) is 18.4 Å². The molecule has 34 heavy (non-hydrogen) atoms. The second kappa shape index (κ2) is 13.7. The third kappa shape index (κ3) is 8.82. The van der Waals surface area contributed by atoms with Crippen molar-refractivity contribution in [1.29, 1.82) is 0 Å². The number of nitrogens with zero attached hydrogens (tertiary/aromatic N) is 2. The zero-order chi connectivity index (χ0) is 25.1. The number of aromatic nitrogens is 2. The number of carbonyl (C=O) groups excluding carboxylic acids is 2. The SMILES string of the molecule is CC(C)C.C[B]n1ccc(C(=O)NCC(=O)Nc2nc(-c3ccc(CCCC)c(C)c3)cs2)c1. The third-order valence-corrected chi connectivity index (χ3v) is 5.63. The maximum atomic E-state index is 12.2. The largest absolute Gasteiger partial charge is 0.402 e. The molecule has 2 amide bonds. The van der Waals surface area contributed by atoms with E-state index in [9.17, 15) is 9.59 Å². The van der Waals surface area contributed by atoms with Gasteiger partial charge in [-0.25, -0.2) is 4.98 Å². The number of nitrogens with one attached hydrogen (secondary N) is 2. The first kappa shape index (κ1) is 27.4. The van der Waals surface area contributed by atoms with Gasteiger partial charge in [-0.05, 0) is 55.1 Å². The van der Waals surface area contributed by atoms with Crippen molar-refractivity contribution in [2.24, 2.45) is 5.92 Å². The van der Waals surface area contributed by atoms with Crippen LogP contribution < -0.4 is 10.6 Å². The highest BCUT2D eigenvalue weighted by atomic mass is 32.1. The van der Waals surface area contributed by atoms with Crippen molar-refractivity contribution >= 4 is 35.7 Å². The zero-order valence-corrected chi connectivity index (χ0v) is 22.0. The molecule has 0 aliphatic rings. The molecule has 0 saturated heterocycles. The van der Waals surface area contributed by atoms with Crippen LogP contribution in [0.1, 0.15) is 62.0 Å². The van der Waals surface area contributed by atoms with Gasteiger partial charge >= 0.3 is 0 Å². The van der Waals surface area contributed by atoms with Crippen LogP contribution >= 0.6 is 11.3 Å². The first-order valence-electron chi connectivity index (χ1n) is 11.8. The summed E-state index contributed by atoms with van der Waals surface area (Å²) in [7, 11) is 1.84. The molecule has 0 fully saturated rings. The standard InChI is InChI=1S/C22H26BN4O2S.C4H10/c1-4-5-6-16-7-8-17(11-15(16)2)19-14-30-22(25-19)26-20(28)12-24-21(29)18-9-10-27(13-18)23-3;1-4(2)3/h7-11,13-14H,4-6,12H2,1-3H3,(H,24,29)(H,25,26,28);4H,1-3H3. The molecule has 0 unspecified atom stereocenters. The summed E-state index contributed by atoms with van der Waals surface area (Å²) in [5.41, 5.74) is 5.01. The molecule has 1 aromatic carbocycles. The van der Waals surface area contributed by atoms with Crippen molar-refractivity contribution in [3.8, 4) is 11.3 Å². The lowest BCUT2D eigenvalue weighted by Crippen LogP contribution is -2.32. The molecule has 2 N–H and O–H groups in total. The lowest BCUT2D eigenvalue weighted by atomic mass is 10.00. The van der Waals surface area contributed by atoms with E-state index in [0.29, 0.717) is 10.7 Å². The Morgan fingerprint density at radius 3 is 2.56 bits per heavy atom. The fourth-order valence-corrected chi connectivity index (χ4v) is 3.84. The number of anilines is 1. The smallest absolute Gasteiger partial charge is 0.253 e. The van der Waals surface area contributed by atoms with E-state index < -0.39 is 0 Å². The van der Waals surface area contributed by atoms with Crippen LogP contribution in [0.15, 0.2) is 42.0 Å². The summed E-state index contributed by atoms with van der Waals surface area (Å²) < 4.78 is 1.78. The molecule has 3 rings (SSSR count). The average Bonchev–Trinajstić information content (AvgIpc) is 3.46. The number of hydrogen-bond donors (Lipinski definition) is 2. The first-order chi connectivity index (χ1) is 16.2. The van der Waals surface area contributed by atoms with Gasteiger partial charge in [-0.1, -0.05) is 53.1 Å². The van der Waals surface area contributed by atoms with Gasteiger partial charge in [0.25, 0.3) is 5.91 Å².